The zero-order chi connectivity index (χ0) is 11.8. The molecule has 1 aliphatic rings. The standard InChI is InChI=1S/C10H11Cl2NO2S.ClH/c11-7-1-2-10(9(12)5-7)16(14,15)8-3-4-13-6-8;/h1-2,5,8,13H,3-4,6H2;1H/t8-;/m0./s1. The van der Waals surface area contributed by atoms with Crippen molar-refractivity contribution < 1.29 is 8.42 Å². The number of rotatable bonds is 2. The predicted molar refractivity (Wildman–Crippen MR) is 72.2 cm³/mol. The highest BCUT2D eigenvalue weighted by Gasteiger charge is 2.31. The van der Waals surface area contributed by atoms with Gasteiger partial charge in [-0.15, -0.1) is 12.4 Å². The molecule has 0 aromatic heterocycles. The van der Waals surface area contributed by atoms with E-state index in [9.17, 15) is 8.42 Å². The molecule has 1 aromatic carbocycles. The number of hydrogen-bond donors (Lipinski definition) is 1. The van der Waals surface area contributed by atoms with Gasteiger partial charge in [0.2, 0.25) is 0 Å². The fourth-order valence-corrected chi connectivity index (χ4v) is 4.22. The molecule has 7 heteroatoms. The summed E-state index contributed by atoms with van der Waals surface area (Å²) in [7, 11) is -3.34. The Bertz CT molecular complexity index is 498. The zero-order valence-electron chi connectivity index (χ0n) is 8.82. The lowest BCUT2D eigenvalue weighted by molar-refractivity contribution is 0.583. The molecule has 1 N–H and O–H groups in total. The van der Waals surface area contributed by atoms with Crippen LogP contribution in [0.4, 0.5) is 0 Å². The Hall–Kier alpha value is -0.000000000000000132. The van der Waals surface area contributed by atoms with Crippen LogP contribution in [0, 0.1) is 0 Å². The summed E-state index contributed by atoms with van der Waals surface area (Å²) in [6.07, 6.45) is 0.626. The maximum atomic E-state index is 12.2. The van der Waals surface area contributed by atoms with Crippen molar-refractivity contribution in [2.45, 2.75) is 16.6 Å². The zero-order valence-corrected chi connectivity index (χ0v) is 12.0. The molecule has 1 atom stereocenters. The molecule has 0 radical (unpaired) electrons. The lowest BCUT2D eigenvalue weighted by atomic mass is 10.4. The minimum atomic E-state index is -3.34. The van der Waals surface area contributed by atoms with E-state index < -0.39 is 9.84 Å². The van der Waals surface area contributed by atoms with Gasteiger partial charge in [-0.3, -0.25) is 0 Å². The van der Waals surface area contributed by atoms with Crippen molar-refractivity contribution in [3.63, 3.8) is 0 Å². The maximum absolute atomic E-state index is 12.2. The van der Waals surface area contributed by atoms with Gasteiger partial charge in [-0.1, -0.05) is 23.2 Å². The van der Waals surface area contributed by atoms with Crippen molar-refractivity contribution in [3.05, 3.63) is 28.2 Å². The van der Waals surface area contributed by atoms with Crippen molar-refractivity contribution in [2.75, 3.05) is 13.1 Å². The first-order chi connectivity index (χ1) is 7.51. The number of benzene rings is 1. The summed E-state index contributed by atoms with van der Waals surface area (Å²) in [4.78, 5) is 0.173. The highest BCUT2D eigenvalue weighted by atomic mass is 35.5. The Morgan fingerprint density at radius 2 is 2.00 bits per heavy atom. The van der Waals surface area contributed by atoms with Crippen LogP contribution in [0.2, 0.25) is 10.0 Å². The van der Waals surface area contributed by atoms with Gasteiger partial charge in [0.1, 0.15) is 0 Å². The Labute approximate surface area is 117 Å². The minimum absolute atomic E-state index is 0. The molecule has 1 aromatic rings. The molecule has 3 nitrogen and oxygen atoms in total. The van der Waals surface area contributed by atoms with Crippen molar-refractivity contribution in [1.29, 1.82) is 0 Å². The molecule has 1 aliphatic heterocycles. The summed E-state index contributed by atoms with van der Waals surface area (Å²) in [6, 6.07) is 4.47. The molecule has 1 saturated heterocycles. The van der Waals surface area contributed by atoms with E-state index in [1.807, 2.05) is 0 Å². The molecule has 2 rings (SSSR count). The van der Waals surface area contributed by atoms with Crippen LogP contribution in [-0.4, -0.2) is 26.8 Å². The largest absolute Gasteiger partial charge is 0.315 e. The number of nitrogens with one attached hydrogen (secondary N) is 1. The second kappa shape index (κ2) is 5.76. The lowest BCUT2D eigenvalue weighted by Gasteiger charge is -2.11. The molecule has 0 amide bonds. The van der Waals surface area contributed by atoms with Crippen LogP contribution >= 0.6 is 35.6 Å². The SMILES string of the molecule is Cl.O=S(=O)(c1ccc(Cl)cc1Cl)[C@H]1CCNC1. The third kappa shape index (κ3) is 3.06. The first-order valence-electron chi connectivity index (χ1n) is 4.91. The van der Waals surface area contributed by atoms with Crippen molar-refractivity contribution in [3.8, 4) is 0 Å². The first kappa shape index (κ1) is 15.1. The second-order valence-corrected chi connectivity index (χ2v) is 6.77. The van der Waals surface area contributed by atoms with Crippen LogP contribution in [0.15, 0.2) is 23.1 Å². The topological polar surface area (TPSA) is 46.2 Å². The molecule has 96 valence electrons. The summed E-state index contributed by atoms with van der Waals surface area (Å²) in [5.74, 6) is 0. The third-order valence-corrected chi connectivity index (χ3v) is 5.56. The van der Waals surface area contributed by atoms with Crippen molar-refractivity contribution in [2.24, 2.45) is 0 Å². The Morgan fingerprint density at radius 3 is 2.53 bits per heavy atom. The van der Waals surface area contributed by atoms with E-state index in [0.29, 0.717) is 18.0 Å². The Kier molecular flexibility index (Phi) is 5.10. The molecule has 0 aliphatic carbocycles. The molecule has 17 heavy (non-hydrogen) atoms. The number of halogens is 3. The van der Waals surface area contributed by atoms with Gasteiger partial charge in [0.15, 0.2) is 9.84 Å². The Balaban J connectivity index is 0.00000144. The van der Waals surface area contributed by atoms with Crippen LogP contribution in [0.5, 0.6) is 0 Å². The van der Waals surface area contributed by atoms with Crippen molar-refractivity contribution >= 4 is 45.4 Å². The quantitative estimate of drug-likeness (QED) is 0.912. The van der Waals surface area contributed by atoms with Crippen LogP contribution < -0.4 is 5.32 Å². The molecule has 1 fully saturated rings. The first-order valence-corrected chi connectivity index (χ1v) is 7.22. The van der Waals surface area contributed by atoms with Gasteiger partial charge in [-0.05, 0) is 31.2 Å². The van der Waals surface area contributed by atoms with Crippen LogP contribution in [0.1, 0.15) is 6.42 Å². The number of sulfone groups is 1. The van der Waals surface area contributed by atoms with Crippen molar-refractivity contribution in [1.82, 2.24) is 5.32 Å². The fraction of sp³-hybridized carbons (Fsp3) is 0.400. The van der Waals surface area contributed by atoms with Gasteiger partial charge in [0.25, 0.3) is 0 Å². The van der Waals surface area contributed by atoms with Gasteiger partial charge in [0, 0.05) is 11.6 Å². The molecule has 0 saturated carbocycles. The highest BCUT2D eigenvalue weighted by Crippen LogP contribution is 2.29. The molecular weight excluding hydrogens is 305 g/mol. The third-order valence-electron chi connectivity index (χ3n) is 2.65. The number of hydrogen-bond acceptors (Lipinski definition) is 3. The van der Waals surface area contributed by atoms with Gasteiger partial charge >= 0.3 is 0 Å². The van der Waals surface area contributed by atoms with Crippen LogP contribution in [0.3, 0.4) is 0 Å². The predicted octanol–water partition coefficient (Wildman–Crippen LogP) is 2.55. The molecule has 0 unspecified atom stereocenters. The van der Waals surface area contributed by atoms with Gasteiger partial charge in [-0.25, -0.2) is 8.42 Å². The molecule has 0 bridgehead atoms. The average Bonchev–Trinajstić information content (AvgIpc) is 2.69. The average molecular weight is 317 g/mol. The van der Waals surface area contributed by atoms with E-state index in [-0.39, 0.29) is 27.6 Å². The summed E-state index contributed by atoms with van der Waals surface area (Å²) in [6.45, 7) is 1.22. The second-order valence-electron chi connectivity index (χ2n) is 3.73. The fourth-order valence-electron chi connectivity index (χ4n) is 1.78. The smallest absolute Gasteiger partial charge is 0.183 e. The normalized spacial score (nSPS) is 20.0. The molecular formula is C10H12Cl3NO2S. The van der Waals surface area contributed by atoms with Gasteiger partial charge in [0.05, 0.1) is 15.2 Å². The van der Waals surface area contributed by atoms with E-state index in [2.05, 4.69) is 5.32 Å². The monoisotopic (exact) mass is 315 g/mol. The summed E-state index contributed by atoms with van der Waals surface area (Å²) >= 11 is 11.6. The van der Waals surface area contributed by atoms with E-state index in [1.54, 1.807) is 6.07 Å². The van der Waals surface area contributed by atoms with E-state index in [4.69, 9.17) is 23.2 Å². The van der Waals surface area contributed by atoms with Crippen LogP contribution in [0.25, 0.3) is 0 Å². The van der Waals surface area contributed by atoms with E-state index in [1.165, 1.54) is 12.1 Å². The molecule has 1 heterocycles. The van der Waals surface area contributed by atoms with E-state index >= 15 is 0 Å². The lowest BCUT2D eigenvalue weighted by Crippen LogP contribution is -2.24. The maximum Gasteiger partial charge on any atom is 0.183 e. The summed E-state index contributed by atoms with van der Waals surface area (Å²) in [5, 5.41) is 3.28. The highest BCUT2D eigenvalue weighted by molar-refractivity contribution is 7.92. The molecule has 0 spiro atoms. The summed E-state index contributed by atoms with van der Waals surface area (Å²) in [5.41, 5.74) is 0. The van der Waals surface area contributed by atoms with E-state index in [0.717, 1.165) is 6.54 Å². The summed E-state index contributed by atoms with van der Waals surface area (Å²) < 4.78 is 24.4. The minimum Gasteiger partial charge on any atom is -0.315 e. The Morgan fingerprint density at radius 1 is 1.29 bits per heavy atom. The van der Waals surface area contributed by atoms with Gasteiger partial charge < -0.3 is 5.32 Å². The van der Waals surface area contributed by atoms with Gasteiger partial charge in [-0.2, -0.15) is 0 Å². The van der Waals surface area contributed by atoms with Crippen LogP contribution in [-0.2, 0) is 9.84 Å².